The van der Waals surface area contributed by atoms with Crippen LogP contribution in [-0.2, 0) is 64.0 Å². The molecule has 0 aliphatic carbocycles. The molecule has 0 bridgehead atoms. The molecule has 0 radical (unpaired) electrons. The van der Waals surface area contributed by atoms with E-state index >= 15 is 0 Å². The van der Waals surface area contributed by atoms with Gasteiger partial charge in [0.25, 0.3) is 0 Å². The minimum Gasteiger partial charge on any atom is -0.497 e. The van der Waals surface area contributed by atoms with Crippen LogP contribution in [0.25, 0.3) is 0 Å². The predicted octanol–water partition coefficient (Wildman–Crippen LogP) is 4.69. The Kier molecular flexibility index (Phi) is 19.8. The Balaban J connectivity index is 1.88. The lowest BCUT2D eigenvalue weighted by atomic mass is 10.2. The van der Waals surface area contributed by atoms with Crippen LogP contribution in [0.3, 0.4) is 0 Å². The lowest BCUT2D eigenvalue weighted by molar-refractivity contribution is -0.160. The molecule has 0 unspecified atom stereocenters. The normalized spacial score (nSPS) is 14.2. The van der Waals surface area contributed by atoms with Crippen LogP contribution < -0.4 is 4.74 Å². The molecular formula is C37H50O13S. The molecule has 13 nitrogen and oxygen atoms in total. The number of carbonyl (C=O) groups excluding carboxylic acids is 3. The number of esters is 3. The van der Waals surface area contributed by atoms with Crippen molar-refractivity contribution >= 4 is 27.7 Å². The first-order chi connectivity index (χ1) is 24.3. The summed E-state index contributed by atoms with van der Waals surface area (Å²) in [5.74, 6) is -1.58. The molecule has 0 aliphatic heterocycles. The van der Waals surface area contributed by atoms with Crippen LogP contribution in [0.4, 0.5) is 0 Å². The molecule has 0 saturated heterocycles. The van der Waals surface area contributed by atoms with Crippen molar-refractivity contribution in [3.05, 3.63) is 84.0 Å². The van der Waals surface area contributed by atoms with Crippen LogP contribution >= 0.6 is 0 Å². The van der Waals surface area contributed by atoms with Crippen molar-refractivity contribution in [2.24, 2.45) is 0 Å². The Hall–Kier alpha value is -4.08. The molecular weight excluding hydrogens is 684 g/mol. The van der Waals surface area contributed by atoms with Gasteiger partial charge >= 0.3 is 17.9 Å². The summed E-state index contributed by atoms with van der Waals surface area (Å²) >= 11 is 0. The molecule has 0 aliphatic rings. The largest absolute Gasteiger partial charge is 0.497 e. The van der Waals surface area contributed by atoms with Gasteiger partial charge in [-0.15, -0.1) is 0 Å². The number of benzene rings is 2. The molecule has 4 atom stereocenters. The fourth-order valence-corrected chi connectivity index (χ4v) is 5.31. The first-order valence-electron chi connectivity index (χ1n) is 16.5. The zero-order valence-electron chi connectivity index (χ0n) is 30.1. The van der Waals surface area contributed by atoms with E-state index < -0.39 is 52.2 Å². The Bertz CT molecular complexity index is 1500. The monoisotopic (exact) mass is 734 g/mol. The highest BCUT2D eigenvalue weighted by Crippen LogP contribution is 2.16. The highest BCUT2D eigenvalue weighted by Gasteiger charge is 2.22. The summed E-state index contributed by atoms with van der Waals surface area (Å²) in [5, 5.41) is 0. The van der Waals surface area contributed by atoms with Gasteiger partial charge in [0.05, 0.1) is 50.1 Å². The fraction of sp³-hybridized carbons (Fsp3) is 0.486. The predicted molar refractivity (Wildman–Crippen MR) is 188 cm³/mol. The molecule has 0 spiro atoms. The van der Waals surface area contributed by atoms with Crippen LogP contribution in [0.1, 0.15) is 44.7 Å². The summed E-state index contributed by atoms with van der Waals surface area (Å²) in [6.07, 6.45) is 2.78. The van der Waals surface area contributed by atoms with Crippen LogP contribution in [0, 0.1) is 6.92 Å². The third-order valence-corrected chi connectivity index (χ3v) is 8.84. The summed E-state index contributed by atoms with van der Waals surface area (Å²) in [5.41, 5.74) is 1.76. The number of sulfone groups is 1. The topological polar surface area (TPSA) is 159 Å². The second kappa shape index (κ2) is 23.4. The van der Waals surface area contributed by atoms with E-state index in [4.69, 9.17) is 37.9 Å². The molecule has 2 aromatic rings. The Morgan fingerprint density at radius 2 is 1.51 bits per heavy atom. The number of aryl methyl sites for hydroxylation is 1. The van der Waals surface area contributed by atoms with Gasteiger partial charge in [0.2, 0.25) is 0 Å². The third-order valence-electron chi connectivity index (χ3n) is 7.14. The first-order valence-corrected chi connectivity index (χ1v) is 18.1. The number of hydrogen-bond donors (Lipinski definition) is 0. The van der Waals surface area contributed by atoms with Crippen LogP contribution in [0.5, 0.6) is 5.75 Å². The summed E-state index contributed by atoms with van der Waals surface area (Å²) in [7, 11) is -0.458. The van der Waals surface area contributed by atoms with E-state index in [0.717, 1.165) is 17.2 Å². The van der Waals surface area contributed by atoms with Gasteiger partial charge in [-0.2, -0.15) is 0 Å². The molecule has 0 saturated carbocycles. The van der Waals surface area contributed by atoms with Gasteiger partial charge in [0.1, 0.15) is 37.5 Å². The third kappa shape index (κ3) is 18.1. The SMILES string of the molecule is COCCOCO[C@@H](C)CC(=O)O[C@@H](C)[C@@H](/C=C/C(=O)O[C@@H](C)C/C=C/C(=O)OCCS(=O)(=O)c1ccc(C)cc1)OCc1ccc(OC)cc1. The van der Waals surface area contributed by atoms with Gasteiger partial charge in [0, 0.05) is 25.7 Å². The van der Waals surface area contributed by atoms with Crippen LogP contribution in [0.15, 0.2) is 77.7 Å². The van der Waals surface area contributed by atoms with E-state index in [1.54, 1.807) is 59.3 Å². The van der Waals surface area contributed by atoms with E-state index in [2.05, 4.69) is 0 Å². The van der Waals surface area contributed by atoms with E-state index in [1.807, 2.05) is 19.1 Å². The number of hydrogen-bond acceptors (Lipinski definition) is 13. The smallest absolute Gasteiger partial charge is 0.330 e. The van der Waals surface area contributed by atoms with Crippen molar-refractivity contribution < 1.29 is 60.7 Å². The lowest BCUT2D eigenvalue weighted by Gasteiger charge is -2.23. The van der Waals surface area contributed by atoms with Crippen molar-refractivity contribution in [1.29, 1.82) is 0 Å². The van der Waals surface area contributed by atoms with Gasteiger partial charge in [-0.05, 0) is 63.6 Å². The molecule has 2 aromatic carbocycles. The average Bonchev–Trinajstić information content (AvgIpc) is 3.08. The van der Waals surface area contributed by atoms with Gasteiger partial charge in [-0.1, -0.05) is 35.9 Å². The Morgan fingerprint density at radius 3 is 2.18 bits per heavy atom. The Labute approximate surface area is 300 Å². The number of ether oxygens (including phenoxy) is 8. The summed E-state index contributed by atoms with van der Waals surface area (Å²) in [4.78, 5) is 37.5. The van der Waals surface area contributed by atoms with Gasteiger partial charge in [0.15, 0.2) is 9.84 Å². The minimum atomic E-state index is -3.59. The van der Waals surface area contributed by atoms with Crippen LogP contribution in [0.2, 0.25) is 0 Å². The second-order valence-electron chi connectivity index (χ2n) is 11.6. The lowest BCUT2D eigenvalue weighted by Crippen LogP contribution is -2.31. The Morgan fingerprint density at radius 1 is 0.804 bits per heavy atom. The molecule has 282 valence electrons. The van der Waals surface area contributed by atoms with Gasteiger partial charge in [-0.25, -0.2) is 18.0 Å². The molecule has 0 fully saturated rings. The quantitative estimate of drug-likeness (QED) is 0.0481. The van der Waals surface area contributed by atoms with Crippen molar-refractivity contribution in [3.63, 3.8) is 0 Å². The molecule has 51 heavy (non-hydrogen) atoms. The summed E-state index contributed by atoms with van der Waals surface area (Å²) in [6.45, 7) is 7.51. The molecule has 0 N–H and O–H groups in total. The summed E-state index contributed by atoms with van der Waals surface area (Å²) in [6, 6.07) is 13.7. The maximum atomic E-state index is 12.6. The number of methoxy groups -OCH3 is 2. The van der Waals surface area contributed by atoms with Crippen molar-refractivity contribution in [3.8, 4) is 5.75 Å². The average molecular weight is 735 g/mol. The van der Waals surface area contributed by atoms with Crippen LogP contribution in [-0.4, -0.2) is 97.3 Å². The molecule has 0 amide bonds. The van der Waals surface area contributed by atoms with E-state index in [0.29, 0.717) is 19.0 Å². The number of carbonyl (C=O) groups is 3. The van der Waals surface area contributed by atoms with E-state index in [-0.39, 0.29) is 43.5 Å². The molecule has 2 rings (SSSR count). The highest BCUT2D eigenvalue weighted by atomic mass is 32.2. The second-order valence-corrected chi connectivity index (χ2v) is 13.7. The van der Waals surface area contributed by atoms with Crippen molar-refractivity contribution in [2.45, 2.75) is 76.5 Å². The maximum Gasteiger partial charge on any atom is 0.330 e. The van der Waals surface area contributed by atoms with E-state index in [1.165, 1.54) is 30.4 Å². The van der Waals surface area contributed by atoms with Crippen molar-refractivity contribution in [1.82, 2.24) is 0 Å². The fourth-order valence-electron chi connectivity index (χ4n) is 4.22. The maximum absolute atomic E-state index is 12.6. The molecule has 0 aromatic heterocycles. The zero-order chi connectivity index (χ0) is 37.6. The number of rotatable bonds is 24. The van der Waals surface area contributed by atoms with E-state index in [9.17, 15) is 22.8 Å². The minimum absolute atomic E-state index is 0.00547. The van der Waals surface area contributed by atoms with Gasteiger partial charge < -0.3 is 37.9 Å². The zero-order valence-corrected chi connectivity index (χ0v) is 30.9. The standard InChI is InChI=1S/C37H50O13S/c1-27-10-16-33(17-11-27)51(41,42)23-22-46-35(38)9-7-8-28(2)49-36(39)19-18-34(47-25-31-12-14-32(44-6)15-13-31)30(4)50-37(40)24-29(3)48-26-45-21-20-43-5/h7,9-19,28-30,34H,8,20-26H2,1-6H3/b9-7+,19-18+/t28-,29-,30-,34+/m0/s1. The summed E-state index contributed by atoms with van der Waals surface area (Å²) < 4.78 is 67.7. The molecule has 14 heteroatoms. The highest BCUT2D eigenvalue weighted by molar-refractivity contribution is 7.91. The van der Waals surface area contributed by atoms with Crippen molar-refractivity contribution in [2.75, 3.05) is 46.6 Å². The van der Waals surface area contributed by atoms with Gasteiger partial charge in [-0.3, -0.25) is 4.79 Å². The first kappa shape index (κ1) is 43.1. The molecule has 0 heterocycles.